The van der Waals surface area contributed by atoms with E-state index in [4.69, 9.17) is 0 Å². The SMILES string of the molecule is CN(C)C[C@H](NC(=O)Cc1c[nH]c2ccccc12)c1ccccc1. The predicted octanol–water partition coefficient (Wildman–Crippen LogP) is 3.13. The standard InChI is InChI=1S/C20H23N3O/c1-23(2)14-19(15-8-4-3-5-9-15)22-20(24)12-16-13-21-18-11-7-6-10-17(16)18/h3-11,13,19,21H,12,14H2,1-2H3,(H,22,24)/t19-/m0/s1. The van der Waals surface area contributed by atoms with Gasteiger partial charge in [0.1, 0.15) is 0 Å². The first kappa shape index (κ1) is 16.3. The summed E-state index contributed by atoms with van der Waals surface area (Å²) in [4.78, 5) is 17.9. The average molecular weight is 321 g/mol. The summed E-state index contributed by atoms with van der Waals surface area (Å²) in [6.07, 6.45) is 2.30. The second kappa shape index (κ2) is 7.32. The van der Waals surface area contributed by atoms with Gasteiger partial charge >= 0.3 is 0 Å². The van der Waals surface area contributed by atoms with Crippen LogP contribution >= 0.6 is 0 Å². The highest BCUT2D eigenvalue weighted by Gasteiger charge is 2.16. The van der Waals surface area contributed by atoms with E-state index in [1.165, 1.54) is 0 Å². The Labute approximate surface area is 142 Å². The number of H-pyrrole nitrogens is 1. The molecule has 4 heteroatoms. The highest BCUT2D eigenvalue weighted by Crippen LogP contribution is 2.19. The van der Waals surface area contributed by atoms with Crippen molar-refractivity contribution in [3.05, 3.63) is 71.9 Å². The van der Waals surface area contributed by atoms with Crippen molar-refractivity contribution in [3.63, 3.8) is 0 Å². The van der Waals surface area contributed by atoms with Gasteiger partial charge in [-0.05, 0) is 31.3 Å². The van der Waals surface area contributed by atoms with Crippen LogP contribution in [0.15, 0.2) is 60.8 Å². The number of hydrogen-bond donors (Lipinski definition) is 2. The first-order valence-electron chi connectivity index (χ1n) is 8.17. The second-order valence-electron chi connectivity index (χ2n) is 6.33. The first-order valence-corrected chi connectivity index (χ1v) is 8.17. The topological polar surface area (TPSA) is 48.1 Å². The molecule has 1 heterocycles. The lowest BCUT2D eigenvalue weighted by molar-refractivity contribution is -0.121. The van der Waals surface area contributed by atoms with Crippen LogP contribution in [0.3, 0.4) is 0 Å². The van der Waals surface area contributed by atoms with Gasteiger partial charge in [0.15, 0.2) is 0 Å². The molecule has 0 bridgehead atoms. The number of carbonyl (C=O) groups is 1. The quantitative estimate of drug-likeness (QED) is 0.733. The number of hydrogen-bond acceptors (Lipinski definition) is 2. The Balaban J connectivity index is 1.73. The van der Waals surface area contributed by atoms with Crippen LogP contribution in [0.4, 0.5) is 0 Å². The lowest BCUT2D eigenvalue weighted by Gasteiger charge is -2.23. The molecule has 0 saturated heterocycles. The molecule has 4 nitrogen and oxygen atoms in total. The highest BCUT2D eigenvalue weighted by molar-refractivity contribution is 5.89. The number of fused-ring (bicyclic) bond motifs is 1. The number of carbonyl (C=O) groups excluding carboxylic acids is 1. The number of likely N-dealkylation sites (N-methyl/N-ethyl adjacent to an activating group) is 1. The molecule has 24 heavy (non-hydrogen) atoms. The third kappa shape index (κ3) is 3.84. The van der Waals surface area contributed by atoms with Crippen LogP contribution in [0.2, 0.25) is 0 Å². The van der Waals surface area contributed by atoms with Crippen LogP contribution in [-0.4, -0.2) is 36.4 Å². The van der Waals surface area contributed by atoms with Crippen LogP contribution in [0, 0.1) is 0 Å². The van der Waals surface area contributed by atoms with Crippen molar-refractivity contribution in [1.82, 2.24) is 15.2 Å². The average Bonchev–Trinajstić information content (AvgIpc) is 2.98. The van der Waals surface area contributed by atoms with Crippen LogP contribution < -0.4 is 5.32 Å². The summed E-state index contributed by atoms with van der Waals surface area (Å²) in [5, 5.41) is 4.28. The Kier molecular flexibility index (Phi) is 4.96. The fourth-order valence-electron chi connectivity index (χ4n) is 2.98. The molecule has 0 aliphatic carbocycles. The molecular formula is C20H23N3O. The zero-order chi connectivity index (χ0) is 16.9. The second-order valence-corrected chi connectivity index (χ2v) is 6.33. The Morgan fingerprint density at radius 2 is 1.79 bits per heavy atom. The normalized spacial score (nSPS) is 12.5. The number of nitrogens with one attached hydrogen (secondary N) is 2. The number of aromatic nitrogens is 1. The van der Waals surface area contributed by atoms with Crippen molar-refractivity contribution in [1.29, 1.82) is 0 Å². The van der Waals surface area contributed by atoms with E-state index >= 15 is 0 Å². The Morgan fingerprint density at radius 1 is 1.08 bits per heavy atom. The molecule has 0 radical (unpaired) electrons. The number of aromatic amines is 1. The Bertz CT molecular complexity index is 808. The summed E-state index contributed by atoms with van der Waals surface area (Å²) in [7, 11) is 4.03. The maximum Gasteiger partial charge on any atom is 0.225 e. The van der Waals surface area contributed by atoms with E-state index in [1.54, 1.807) is 0 Å². The third-order valence-corrected chi connectivity index (χ3v) is 4.11. The molecule has 3 aromatic rings. The number of rotatable bonds is 6. The summed E-state index contributed by atoms with van der Waals surface area (Å²) in [6, 6.07) is 18.1. The molecule has 0 spiro atoms. The zero-order valence-electron chi connectivity index (χ0n) is 14.1. The van der Waals surface area contributed by atoms with Crippen LogP contribution in [-0.2, 0) is 11.2 Å². The lowest BCUT2D eigenvalue weighted by Crippen LogP contribution is -2.36. The minimum Gasteiger partial charge on any atom is -0.361 e. The van der Waals surface area contributed by atoms with Crippen molar-refractivity contribution < 1.29 is 4.79 Å². The van der Waals surface area contributed by atoms with Crippen molar-refractivity contribution in [2.45, 2.75) is 12.5 Å². The summed E-state index contributed by atoms with van der Waals surface area (Å²) in [5.74, 6) is 0.0375. The molecule has 124 valence electrons. The van der Waals surface area contributed by atoms with Gasteiger partial charge in [-0.2, -0.15) is 0 Å². The zero-order valence-corrected chi connectivity index (χ0v) is 14.1. The van der Waals surface area contributed by atoms with Gasteiger partial charge in [-0.15, -0.1) is 0 Å². The first-order chi connectivity index (χ1) is 11.6. The van der Waals surface area contributed by atoms with Crippen molar-refractivity contribution in [2.75, 3.05) is 20.6 Å². The minimum atomic E-state index is -0.0149. The summed E-state index contributed by atoms with van der Waals surface area (Å²) < 4.78 is 0. The van der Waals surface area contributed by atoms with E-state index in [-0.39, 0.29) is 11.9 Å². The van der Waals surface area contributed by atoms with E-state index in [1.807, 2.05) is 62.8 Å². The molecule has 3 rings (SSSR count). The van der Waals surface area contributed by atoms with Gasteiger partial charge in [-0.3, -0.25) is 4.79 Å². The summed E-state index contributed by atoms with van der Waals surface area (Å²) in [5.41, 5.74) is 3.21. The van der Waals surface area contributed by atoms with Crippen molar-refractivity contribution in [3.8, 4) is 0 Å². The van der Waals surface area contributed by atoms with E-state index in [9.17, 15) is 4.79 Å². The van der Waals surface area contributed by atoms with Gasteiger partial charge in [0.2, 0.25) is 5.91 Å². The number of amides is 1. The Hall–Kier alpha value is -2.59. The molecule has 1 atom stereocenters. The molecule has 0 aliphatic rings. The van der Waals surface area contributed by atoms with Crippen LogP contribution in [0.25, 0.3) is 10.9 Å². The van der Waals surface area contributed by atoms with Gasteiger partial charge in [0.25, 0.3) is 0 Å². The largest absolute Gasteiger partial charge is 0.361 e. The minimum absolute atomic E-state index is 0.0149. The van der Waals surface area contributed by atoms with E-state index in [0.717, 1.165) is 28.6 Å². The molecule has 0 saturated carbocycles. The summed E-state index contributed by atoms with van der Waals surface area (Å²) in [6.45, 7) is 0.767. The van der Waals surface area contributed by atoms with Crippen molar-refractivity contribution >= 4 is 16.8 Å². The lowest BCUT2D eigenvalue weighted by atomic mass is 10.1. The molecule has 0 aliphatic heterocycles. The van der Waals surface area contributed by atoms with Gasteiger partial charge in [0.05, 0.1) is 12.5 Å². The van der Waals surface area contributed by atoms with E-state index in [0.29, 0.717) is 6.42 Å². The molecular weight excluding hydrogens is 298 g/mol. The van der Waals surface area contributed by atoms with Gasteiger partial charge < -0.3 is 15.2 Å². The molecule has 2 aromatic carbocycles. The molecule has 1 amide bonds. The maximum absolute atomic E-state index is 12.6. The summed E-state index contributed by atoms with van der Waals surface area (Å²) >= 11 is 0. The Morgan fingerprint density at radius 3 is 2.54 bits per heavy atom. The fourth-order valence-corrected chi connectivity index (χ4v) is 2.98. The fraction of sp³-hybridized carbons (Fsp3) is 0.250. The molecule has 1 aromatic heterocycles. The monoisotopic (exact) mass is 321 g/mol. The predicted molar refractivity (Wildman–Crippen MR) is 97.9 cm³/mol. The molecule has 0 fully saturated rings. The number of nitrogens with zero attached hydrogens (tertiary/aromatic N) is 1. The van der Waals surface area contributed by atoms with Gasteiger partial charge in [-0.25, -0.2) is 0 Å². The smallest absolute Gasteiger partial charge is 0.225 e. The maximum atomic E-state index is 12.6. The highest BCUT2D eigenvalue weighted by atomic mass is 16.1. The van der Waals surface area contributed by atoms with E-state index in [2.05, 4.69) is 27.3 Å². The van der Waals surface area contributed by atoms with Gasteiger partial charge in [-0.1, -0.05) is 48.5 Å². The van der Waals surface area contributed by atoms with Crippen LogP contribution in [0.5, 0.6) is 0 Å². The number of para-hydroxylation sites is 1. The third-order valence-electron chi connectivity index (χ3n) is 4.11. The van der Waals surface area contributed by atoms with E-state index < -0.39 is 0 Å². The number of benzene rings is 2. The van der Waals surface area contributed by atoms with Crippen molar-refractivity contribution in [2.24, 2.45) is 0 Å². The molecule has 2 N–H and O–H groups in total. The molecule has 0 unspecified atom stereocenters. The van der Waals surface area contributed by atoms with Gasteiger partial charge in [0, 0.05) is 23.6 Å². The van der Waals surface area contributed by atoms with Crippen LogP contribution in [0.1, 0.15) is 17.2 Å².